The van der Waals surface area contributed by atoms with Crippen molar-refractivity contribution >= 4 is 5.91 Å². The molecule has 1 unspecified atom stereocenters. The smallest absolute Gasteiger partial charge is 0.245 e. The van der Waals surface area contributed by atoms with E-state index in [0.717, 1.165) is 51.4 Å². The van der Waals surface area contributed by atoms with E-state index in [4.69, 9.17) is 0 Å². The van der Waals surface area contributed by atoms with Crippen LogP contribution in [0.2, 0.25) is 0 Å². The molecule has 0 aromatic carbocycles. The van der Waals surface area contributed by atoms with E-state index in [2.05, 4.69) is 25.2 Å². The van der Waals surface area contributed by atoms with Gasteiger partial charge in [0.2, 0.25) is 5.91 Å². The van der Waals surface area contributed by atoms with E-state index in [9.17, 15) is 9.90 Å². The van der Waals surface area contributed by atoms with Crippen molar-refractivity contribution in [1.29, 1.82) is 0 Å². The largest absolute Gasteiger partial charge is 0.373 e. The topological polar surface area (TPSA) is 49.3 Å². The van der Waals surface area contributed by atoms with Gasteiger partial charge < -0.3 is 10.4 Å². The Labute approximate surface area is 166 Å². The van der Waals surface area contributed by atoms with Gasteiger partial charge in [-0.1, -0.05) is 94.2 Å². The molecular formula is C24H39NO2. The van der Waals surface area contributed by atoms with Gasteiger partial charge in [-0.05, 0) is 32.6 Å². The van der Waals surface area contributed by atoms with Gasteiger partial charge in [0.1, 0.15) is 6.23 Å². The summed E-state index contributed by atoms with van der Waals surface area (Å²) < 4.78 is 0. The number of nitrogens with one attached hydrogen (secondary N) is 1. The summed E-state index contributed by atoms with van der Waals surface area (Å²) in [6.45, 7) is 6.28. The van der Waals surface area contributed by atoms with E-state index in [-0.39, 0.29) is 11.8 Å². The summed E-state index contributed by atoms with van der Waals surface area (Å²) in [5, 5.41) is 13.0. The highest BCUT2D eigenvalue weighted by Crippen LogP contribution is 2.19. The van der Waals surface area contributed by atoms with E-state index in [0.29, 0.717) is 0 Å². The minimum absolute atomic E-state index is 0.145. The second-order valence-corrected chi connectivity index (χ2v) is 6.70. The second kappa shape index (κ2) is 18.9. The molecule has 0 heterocycles. The zero-order valence-electron chi connectivity index (χ0n) is 17.4. The van der Waals surface area contributed by atoms with E-state index in [1.54, 1.807) is 6.08 Å². The van der Waals surface area contributed by atoms with Crippen LogP contribution in [0.4, 0.5) is 0 Å². The molecule has 0 radical (unpaired) electrons. The van der Waals surface area contributed by atoms with Crippen molar-refractivity contribution in [2.24, 2.45) is 5.92 Å². The predicted molar refractivity (Wildman–Crippen MR) is 117 cm³/mol. The van der Waals surface area contributed by atoms with Crippen LogP contribution in [0.5, 0.6) is 0 Å². The van der Waals surface area contributed by atoms with Crippen LogP contribution in [0, 0.1) is 5.92 Å². The Bertz CT molecular complexity index is 493. The molecule has 0 bridgehead atoms. The van der Waals surface area contributed by atoms with Crippen LogP contribution in [-0.2, 0) is 4.79 Å². The summed E-state index contributed by atoms with van der Waals surface area (Å²) in [5.74, 6) is -0.0920. The summed E-state index contributed by atoms with van der Waals surface area (Å²) >= 11 is 0. The van der Waals surface area contributed by atoms with Crippen LogP contribution in [0.3, 0.4) is 0 Å². The number of amides is 1. The SMILES string of the molecule is CC=CC=CC=CCCC=CC=CC(=O)NC(O)C(CCCC)CCCC. The highest BCUT2D eigenvalue weighted by Gasteiger charge is 2.19. The number of aliphatic hydroxyl groups excluding tert-OH is 1. The van der Waals surface area contributed by atoms with Crippen LogP contribution in [0.25, 0.3) is 0 Å². The van der Waals surface area contributed by atoms with E-state index in [1.165, 1.54) is 6.08 Å². The molecule has 2 N–H and O–H groups in total. The fourth-order valence-electron chi connectivity index (χ4n) is 2.63. The van der Waals surface area contributed by atoms with Gasteiger partial charge in [0.25, 0.3) is 0 Å². The zero-order chi connectivity index (χ0) is 20.2. The number of carbonyl (C=O) groups is 1. The standard InChI is InChI=1S/C24H39NO2/c1-4-7-10-11-12-13-14-15-16-17-18-21-23(26)25-24(27)22(19-8-5-2)20-9-6-3/h4,7,10-13,16-18,21-22,24,27H,5-6,8-9,14-15,19-20H2,1-3H3,(H,25,26). The van der Waals surface area contributed by atoms with E-state index in [1.807, 2.05) is 49.5 Å². The maximum atomic E-state index is 11.9. The van der Waals surface area contributed by atoms with Gasteiger partial charge in [-0.25, -0.2) is 0 Å². The highest BCUT2D eigenvalue weighted by atomic mass is 16.3. The molecule has 1 amide bonds. The first kappa shape index (κ1) is 25.1. The van der Waals surface area contributed by atoms with Crippen LogP contribution < -0.4 is 5.32 Å². The molecule has 0 aliphatic rings. The average molecular weight is 374 g/mol. The Hall–Kier alpha value is -1.87. The van der Waals surface area contributed by atoms with Gasteiger partial charge in [0.05, 0.1) is 0 Å². The monoisotopic (exact) mass is 373 g/mol. The van der Waals surface area contributed by atoms with Crippen molar-refractivity contribution < 1.29 is 9.90 Å². The molecule has 27 heavy (non-hydrogen) atoms. The molecule has 0 fully saturated rings. The second-order valence-electron chi connectivity index (χ2n) is 6.70. The Morgan fingerprint density at radius 3 is 2.00 bits per heavy atom. The third-order valence-corrected chi connectivity index (χ3v) is 4.25. The lowest BCUT2D eigenvalue weighted by molar-refractivity contribution is -0.120. The van der Waals surface area contributed by atoms with Crippen molar-refractivity contribution in [3.05, 3.63) is 60.8 Å². The van der Waals surface area contributed by atoms with Gasteiger partial charge in [-0.15, -0.1) is 0 Å². The van der Waals surface area contributed by atoms with Crippen LogP contribution >= 0.6 is 0 Å². The molecule has 0 aliphatic carbocycles. The van der Waals surface area contributed by atoms with E-state index >= 15 is 0 Å². The molecule has 0 aromatic rings. The lowest BCUT2D eigenvalue weighted by Gasteiger charge is -2.23. The van der Waals surface area contributed by atoms with Crippen LogP contribution in [0.15, 0.2) is 60.8 Å². The Morgan fingerprint density at radius 1 is 0.889 bits per heavy atom. The maximum absolute atomic E-state index is 11.9. The van der Waals surface area contributed by atoms with Crippen molar-refractivity contribution in [1.82, 2.24) is 5.32 Å². The first-order valence-corrected chi connectivity index (χ1v) is 10.4. The Balaban J connectivity index is 4.15. The fraction of sp³-hybridized carbons (Fsp3) is 0.542. The minimum atomic E-state index is -0.759. The number of rotatable bonds is 15. The predicted octanol–water partition coefficient (Wildman–Crippen LogP) is 6.00. The molecule has 0 aromatic heterocycles. The molecule has 152 valence electrons. The molecule has 1 atom stereocenters. The number of unbranched alkanes of at least 4 members (excludes halogenated alkanes) is 3. The molecule has 3 heteroatoms. The maximum Gasteiger partial charge on any atom is 0.245 e. The van der Waals surface area contributed by atoms with Gasteiger partial charge in [0, 0.05) is 12.0 Å². The normalized spacial score (nSPS) is 14.0. The highest BCUT2D eigenvalue weighted by molar-refractivity contribution is 5.87. The quantitative estimate of drug-likeness (QED) is 0.160. The average Bonchev–Trinajstić information content (AvgIpc) is 2.66. The van der Waals surface area contributed by atoms with Gasteiger partial charge >= 0.3 is 0 Å². The molecule has 0 rings (SSSR count). The number of hydrogen-bond donors (Lipinski definition) is 2. The third kappa shape index (κ3) is 16.1. The summed E-state index contributed by atoms with van der Waals surface area (Å²) in [5.41, 5.74) is 0. The van der Waals surface area contributed by atoms with E-state index < -0.39 is 6.23 Å². The van der Waals surface area contributed by atoms with Crippen LogP contribution in [-0.4, -0.2) is 17.2 Å². The Kier molecular flexibility index (Phi) is 17.6. The summed E-state index contributed by atoms with van der Waals surface area (Å²) in [4.78, 5) is 11.9. The first-order chi connectivity index (χ1) is 13.2. The lowest BCUT2D eigenvalue weighted by Crippen LogP contribution is -2.39. The van der Waals surface area contributed by atoms with Crippen molar-refractivity contribution in [2.75, 3.05) is 0 Å². The molecule has 0 saturated heterocycles. The zero-order valence-corrected chi connectivity index (χ0v) is 17.4. The fourth-order valence-corrected chi connectivity index (χ4v) is 2.63. The van der Waals surface area contributed by atoms with Crippen molar-refractivity contribution in [2.45, 2.75) is 78.4 Å². The van der Waals surface area contributed by atoms with Gasteiger partial charge in [0.15, 0.2) is 0 Å². The van der Waals surface area contributed by atoms with Crippen LogP contribution in [0.1, 0.15) is 72.1 Å². The van der Waals surface area contributed by atoms with Gasteiger partial charge in [-0.3, -0.25) is 4.79 Å². The summed E-state index contributed by atoms with van der Waals surface area (Å²) in [6, 6.07) is 0. The third-order valence-electron chi connectivity index (χ3n) is 4.25. The first-order valence-electron chi connectivity index (χ1n) is 10.4. The number of allylic oxidation sites excluding steroid dienone is 9. The molecule has 3 nitrogen and oxygen atoms in total. The summed E-state index contributed by atoms with van der Waals surface area (Å²) in [6.07, 6.45) is 26.7. The number of aliphatic hydroxyl groups is 1. The van der Waals surface area contributed by atoms with Gasteiger partial charge in [-0.2, -0.15) is 0 Å². The Morgan fingerprint density at radius 2 is 1.44 bits per heavy atom. The summed E-state index contributed by atoms with van der Waals surface area (Å²) in [7, 11) is 0. The molecule has 0 saturated carbocycles. The van der Waals surface area contributed by atoms with Crippen molar-refractivity contribution in [3.8, 4) is 0 Å². The minimum Gasteiger partial charge on any atom is -0.373 e. The molecular weight excluding hydrogens is 334 g/mol. The number of carbonyl (C=O) groups excluding carboxylic acids is 1. The lowest BCUT2D eigenvalue weighted by atomic mass is 9.94. The molecule has 0 aliphatic heterocycles. The number of hydrogen-bond acceptors (Lipinski definition) is 2. The van der Waals surface area contributed by atoms with Crippen molar-refractivity contribution in [3.63, 3.8) is 0 Å². The molecule has 0 spiro atoms.